The van der Waals surface area contributed by atoms with Gasteiger partial charge in [-0.05, 0) is 25.1 Å². The van der Waals surface area contributed by atoms with Crippen molar-refractivity contribution in [2.45, 2.75) is 26.4 Å². The SMILES string of the molecule is Cc1oc(CN(C)C(=O)CCn2c(=O)[nH]c(=O)c3ccccc32)cc1C(=O)O. The van der Waals surface area contributed by atoms with Gasteiger partial charge in [0, 0.05) is 20.0 Å². The lowest BCUT2D eigenvalue weighted by molar-refractivity contribution is -0.130. The van der Waals surface area contributed by atoms with Crippen molar-refractivity contribution >= 4 is 22.8 Å². The van der Waals surface area contributed by atoms with E-state index in [2.05, 4.69) is 4.98 Å². The number of furan rings is 1. The Morgan fingerprint density at radius 1 is 1.25 bits per heavy atom. The molecule has 9 nitrogen and oxygen atoms in total. The van der Waals surface area contributed by atoms with Crippen LogP contribution < -0.4 is 11.2 Å². The Morgan fingerprint density at radius 2 is 1.96 bits per heavy atom. The summed E-state index contributed by atoms with van der Waals surface area (Å²) in [7, 11) is 1.56. The number of nitrogens with one attached hydrogen (secondary N) is 1. The summed E-state index contributed by atoms with van der Waals surface area (Å²) in [6.07, 6.45) is 0.0257. The fourth-order valence-electron chi connectivity index (χ4n) is 3.02. The Balaban J connectivity index is 1.73. The number of hydrogen-bond acceptors (Lipinski definition) is 5. The highest BCUT2D eigenvalue weighted by atomic mass is 16.4. The zero-order valence-corrected chi connectivity index (χ0v) is 15.4. The number of nitrogens with zero attached hydrogens (tertiary/aromatic N) is 2. The van der Waals surface area contributed by atoms with Gasteiger partial charge >= 0.3 is 11.7 Å². The van der Waals surface area contributed by atoms with Crippen LogP contribution in [0.15, 0.2) is 44.3 Å². The standard InChI is InChI=1S/C19H19N3O6/c1-11-14(18(25)26)9-12(28-11)10-21(2)16(23)7-8-22-15-6-4-3-5-13(15)17(24)20-19(22)27/h3-6,9H,7-8,10H2,1-2H3,(H,25,26)(H,20,24,27). The molecular weight excluding hydrogens is 366 g/mol. The summed E-state index contributed by atoms with van der Waals surface area (Å²) in [5, 5.41) is 9.44. The van der Waals surface area contributed by atoms with Crippen LogP contribution in [0.4, 0.5) is 0 Å². The average Bonchev–Trinajstić information content (AvgIpc) is 3.01. The first kappa shape index (κ1) is 19.2. The van der Waals surface area contributed by atoms with Crippen LogP contribution in [0.5, 0.6) is 0 Å². The lowest BCUT2D eigenvalue weighted by Crippen LogP contribution is -2.33. The van der Waals surface area contributed by atoms with Crippen molar-refractivity contribution in [2.75, 3.05) is 7.05 Å². The van der Waals surface area contributed by atoms with Gasteiger partial charge in [0.15, 0.2) is 0 Å². The molecule has 1 aromatic carbocycles. The summed E-state index contributed by atoms with van der Waals surface area (Å²) in [5.41, 5.74) is -0.531. The number of aromatic nitrogens is 2. The number of aromatic amines is 1. The third-order valence-corrected chi connectivity index (χ3v) is 4.47. The van der Waals surface area contributed by atoms with E-state index in [9.17, 15) is 19.2 Å². The molecule has 0 aliphatic rings. The summed E-state index contributed by atoms with van der Waals surface area (Å²) >= 11 is 0. The molecule has 9 heteroatoms. The second kappa shape index (κ2) is 7.55. The molecule has 0 saturated heterocycles. The van der Waals surface area contributed by atoms with Crippen LogP contribution in [0, 0.1) is 6.92 Å². The molecule has 0 aliphatic carbocycles. The van der Waals surface area contributed by atoms with Crippen molar-refractivity contribution in [2.24, 2.45) is 0 Å². The predicted molar refractivity (Wildman–Crippen MR) is 100 cm³/mol. The summed E-state index contributed by atoms with van der Waals surface area (Å²) in [6, 6.07) is 8.06. The van der Waals surface area contributed by atoms with Gasteiger partial charge in [0.25, 0.3) is 5.56 Å². The summed E-state index contributed by atoms with van der Waals surface area (Å²) in [6.45, 7) is 1.74. The van der Waals surface area contributed by atoms with Crippen molar-refractivity contribution in [1.82, 2.24) is 14.5 Å². The van der Waals surface area contributed by atoms with E-state index < -0.39 is 17.2 Å². The van der Waals surface area contributed by atoms with E-state index >= 15 is 0 Å². The molecule has 28 heavy (non-hydrogen) atoms. The first-order valence-corrected chi connectivity index (χ1v) is 8.56. The van der Waals surface area contributed by atoms with Gasteiger partial charge in [0.2, 0.25) is 5.91 Å². The molecule has 146 valence electrons. The number of carboxylic acid groups (broad SMARTS) is 1. The first-order chi connectivity index (χ1) is 13.3. The highest BCUT2D eigenvalue weighted by Crippen LogP contribution is 2.16. The third kappa shape index (κ3) is 3.73. The highest BCUT2D eigenvalue weighted by molar-refractivity contribution is 5.88. The van der Waals surface area contributed by atoms with Crippen molar-refractivity contribution in [1.29, 1.82) is 0 Å². The molecule has 0 fully saturated rings. The topological polar surface area (TPSA) is 126 Å². The monoisotopic (exact) mass is 385 g/mol. The van der Waals surface area contributed by atoms with Crippen molar-refractivity contribution < 1.29 is 19.1 Å². The van der Waals surface area contributed by atoms with Gasteiger partial charge in [-0.1, -0.05) is 12.1 Å². The van der Waals surface area contributed by atoms with Crippen LogP contribution in [0.25, 0.3) is 10.9 Å². The molecule has 0 aliphatic heterocycles. The number of rotatable bonds is 6. The summed E-state index contributed by atoms with van der Waals surface area (Å²) in [4.78, 5) is 51.2. The van der Waals surface area contributed by atoms with E-state index in [1.165, 1.54) is 15.5 Å². The maximum absolute atomic E-state index is 12.4. The Labute approximate surface area is 158 Å². The number of H-pyrrole nitrogens is 1. The van der Waals surface area contributed by atoms with Gasteiger partial charge in [-0.15, -0.1) is 0 Å². The first-order valence-electron chi connectivity index (χ1n) is 8.56. The van der Waals surface area contributed by atoms with Gasteiger partial charge in [-0.25, -0.2) is 9.59 Å². The van der Waals surface area contributed by atoms with E-state index in [4.69, 9.17) is 9.52 Å². The number of para-hydroxylation sites is 1. The Kier molecular flexibility index (Phi) is 5.16. The Hall–Kier alpha value is -3.62. The Bertz CT molecular complexity index is 1170. The molecule has 2 heterocycles. The number of aryl methyl sites for hydroxylation is 2. The van der Waals surface area contributed by atoms with Gasteiger partial charge in [-0.2, -0.15) is 0 Å². The Morgan fingerprint density at radius 3 is 2.64 bits per heavy atom. The molecule has 0 atom stereocenters. The highest BCUT2D eigenvalue weighted by Gasteiger charge is 2.17. The molecule has 0 saturated carbocycles. The lowest BCUT2D eigenvalue weighted by Gasteiger charge is -2.16. The maximum Gasteiger partial charge on any atom is 0.339 e. The van der Waals surface area contributed by atoms with Crippen LogP contribution in [-0.2, 0) is 17.9 Å². The molecule has 2 N–H and O–H groups in total. The van der Waals surface area contributed by atoms with E-state index in [0.717, 1.165) is 0 Å². The number of carboxylic acids is 1. The van der Waals surface area contributed by atoms with Crippen LogP contribution in [0.1, 0.15) is 28.3 Å². The van der Waals surface area contributed by atoms with Gasteiger partial charge in [0.05, 0.1) is 17.4 Å². The second-order valence-corrected chi connectivity index (χ2v) is 6.42. The van der Waals surface area contributed by atoms with Crippen molar-refractivity contribution in [3.63, 3.8) is 0 Å². The van der Waals surface area contributed by atoms with Crippen molar-refractivity contribution in [3.8, 4) is 0 Å². The summed E-state index contributed by atoms with van der Waals surface area (Å²) < 4.78 is 6.73. The fraction of sp³-hybridized carbons (Fsp3) is 0.263. The smallest absolute Gasteiger partial charge is 0.339 e. The minimum Gasteiger partial charge on any atom is -0.478 e. The minimum absolute atomic E-state index is 0.0257. The van der Waals surface area contributed by atoms with Crippen LogP contribution >= 0.6 is 0 Å². The molecule has 0 spiro atoms. The zero-order valence-electron chi connectivity index (χ0n) is 15.4. The molecule has 3 aromatic rings. The molecule has 1 amide bonds. The zero-order chi connectivity index (χ0) is 20.4. The molecule has 3 rings (SSSR count). The van der Waals surface area contributed by atoms with Crippen molar-refractivity contribution in [3.05, 3.63) is 68.3 Å². The maximum atomic E-state index is 12.4. The largest absolute Gasteiger partial charge is 0.478 e. The van der Waals surface area contributed by atoms with E-state index in [0.29, 0.717) is 16.7 Å². The molecular formula is C19H19N3O6. The van der Waals surface area contributed by atoms with E-state index in [1.807, 2.05) is 0 Å². The number of carbonyl (C=O) groups excluding carboxylic acids is 1. The van der Waals surface area contributed by atoms with Crippen LogP contribution in [0.2, 0.25) is 0 Å². The van der Waals surface area contributed by atoms with Gasteiger partial charge in [-0.3, -0.25) is 19.1 Å². The third-order valence-electron chi connectivity index (χ3n) is 4.47. The number of carbonyl (C=O) groups is 2. The number of fused-ring (bicyclic) bond motifs is 1. The molecule has 0 radical (unpaired) electrons. The molecule has 0 bridgehead atoms. The lowest BCUT2D eigenvalue weighted by atomic mass is 10.2. The van der Waals surface area contributed by atoms with Crippen LogP contribution in [-0.4, -0.2) is 38.5 Å². The minimum atomic E-state index is -1.09. The summed E-state index contributed by atoms with van der Waals surface area (Å²) in [5.74, 6) is -0.717. The van der Waals surface area contributed by atoms with Gasteiger partial charge < -0.3 is 14.4 Å². The molecule has 2 aromatic heterocycles. The molecule has 0 unspecified atom stereocenters. The quantitative estimate of drug-likeness (QED) is 0.659. The second-order valence-electron chi connectivity index (χ2n) is 6.42. The average molecular weight is 385 g/mol. The van der Waals surface area contributed by atoms with E-state index in [1.54, 1.807) is 38.2 Å². The number of hydrogen-bond donors (Lipinski definition) is 2. The van der Waals surface area contributed by atoms with Gasteiger partial charge in [0.1, 0.15) is 17.1 Å². The predicted octanol–water partition coefficient (Wildman–Crippen LogP) is 1.34. The number of aromatic carboxylic acids is 1. The van der Waals surface area contributed by atoms with Crippen LogP contribution in [0.3, 0.4) is 0 Å². The van der Waals surface area contributed by atoms with E-state index in [-0.39, 0.29) is 36.7 Å². The normalized spacial score (nSPS) is 10.9. The number of benzene rings is 1. The number of amides is 1. The fourth-order valence-corrected chi connectivity index (χ4v) is 3.02.